The van der Waals surface area contributed by atoms with Crippen molar-refractivity contribution in [2.24, 2.45) is 0 Å². The summed E-state index contributed by atoms with van der Waals surface area (Å²) in [6.07, 6.45) is -6.96. The maximum atomic E-state index is 9.23. The van der Waals surface area contributed by atoms with Crippen molar-refractivity contribution in [2.45, 2.75) is 27.8 Å². The van der Waals surface area contributed by atoms with Crippen LogP contribution < -0.4 is 0 Å². The van der Waals surface area contributed by atoms with Crippen LogP contribution in [0.5, 0.6) is 0 Å². The fourth-order valence-electron chi connectivity index (χ4n) is 0.728. The van der Waals surface area contributed by atoms with Crippen LogP contribution in [0, 0.1) is 0 Å². The Balaban J connectivity index is 4.38. The summed E-state index contributed by atoms with van der Waals surface area (Å²) in [6.45, 7) is -0.770. The molecule has 6 nitrogen and oxygen atoms in total. The number of rotatable bonds is 5. The SMILES string of the molecule is OC[C@@H](O)[C@@H](O)[C@@H](O)[C@@H](O)C(O)(Br)Br. The predicted molar refractivity (Wildman–Crippen MR) is 53.9 cm³/mol. The highest BCUT2D eigenvalue weighted by atomic mass is 79.9. The summed E-state index contributed by atoms with van der Waals surface area (Å²) in [5.74, 6) is 0. The van der Waals surface area contributed by atoms with Crippen molar-refractivity contribution in [3.63, 3.8) is 0 Å². The molecule has 14 heavy (non-hydrogen) atoms. The summed E-state index contributed by atoms with van der Waals surface area (Å²) in [7, 11) is 0. The van der Waals surface area contributed by atoms with E-state index in [-0.39, 0.29) is 0 Å². The van der Waals surface area contributed by atoms with Crippen LogP contribution in [0.2, 0.25) is 0 Å². The first kappa shape index (κ1) is 14.7. The maximum absolute atomic E-state index is 9.23. The molecule has 4 atom stereocenters. The van der Waals surface area contributed by atoms with Crippen LogP contribution in [0.15, 0.2) is 0 Å². The van der Waals surface area contributed by atoms with E-state index in [4.69, 9.17) is 20.4 Å². The summed E-state index contributed by atoms with van der Waals surface area (Å²) in [5.41, 5.74) is 0. The highest BCUT2D eigenvalue weighted by molar-refractivity contribution is 9.25. The smallest absolute Gasteiger partial charge is 0.203 e. The van der Waals surface area contributed by atoms with Crippen molar-refractivity contribution in [1.29, 1.82) is 0 Å². The van der Waals surface area contributed by atoms with E-state index in [0.29, 0.717) is 0 Å². The zero-order valence-electron chi connectivity index (χ0n) is 6.96. The number of alkyl halides is 2. The summed E-state index contributed by atoms with van der Waals surface area (Å²) >= 11 is 5.18. The molecule has 8 heteroatoms. The van der Waals surface area contributed by atoms with E-state index in [9.17, 15) is 10.2 Å². The van der Waals surface area contributed by atoms with Crippen molar-refractivity contribution in [2.75, 3.05) is 6.61 Å². The summed E-state index contributed by atoms with van der Waals surface area (Å²) in [6, 6.07) is 0. The average Bonchev–Trinajstić information content (AvgIpc) is 2.11. The Bertz CT molecular complexity index is 172. The second-order valence-corrected chi connectivity index (χ2v) is 6.25. The number of aliphatic hydroxyl groups excluding tert-OH is 5. The fourth-order valence-corrected chi connectivity index (χ4v) is 1.27. The third-order valence-corrected chi connectivity index (χ3v) is 2.55. The fraction of sp³-hybridized carbons (Fsp3) is 1.00. The van der Waals surface area contributed by atoms with Crippen LogP contribution in [-0.2, 0) is 0 Å². The van der Waals surface area contributed by atoms with Gasteiger partial charge in [-0.2, -0.15) is 0 Å². The number of hydrogen-bond donors (Lipinski definition) is 6. The molecule has 0 bridgehead atoms. The van der Waals surface area contributed by atoms with E-state index in [1.165, 1.54) is 0 Å². The monoisotopic (exact) mass is 338 g/mol. The first-order chi connectivity index (χ1) is 6.21. The third kappa shape index (κ3) is 4.07. The van der Waals surface area contributed by atoms with Crippen molar-refractivity contribution in [3.05, 3.63) is 0 Å². The van der Waals surface area contributed by atoms with Crippen molar-refractivity contribution in [3.8, 4) is 0 Å². The van der Waals surface area contributed by atoms with Crippen molar-refractivity contribution >= 4 is 31.9 Å². The molecule has 86 valence electrons. The molecule has 0 saturated heterocycles. The Morgan fingerprint density at radius 2 is 1.43 bits per heavy atom. The first-order valence-electron chi connectivity index (χ1n) is 3.65. The molecule has 6 N–H and O–H groups in total. The van der Waals surface area contributed by atoms with Gasteiger partial charge in [0.05, 0.1) is 6.61 Å². The predicted octanol–water partition coefficient (Wildman–Crippen LogP) is -2.14. The number of halogens is 2. The van der Waals surface area contributed by atoms with Gasteiger partial charge >= 0.3 is 0 Å². The quantitative estimate of drug-likeness (QED) is 0.318. The summed E-state index contributed by atoms with van der Waals surface area (Å²) < 4.78 is -1.98. The van der Waals surface area contributed by atoms with Gasteiger partial charge in [-0.05, 0) is 31.9 Å². The lowest BCUT2D eigenvalue weighted by molar-refractivity contribution is -0.130. The highest BCUT2D eigenvalue weighted by Gasteiger charge is 2.40. The minimum Gasteiger partial charge on any atom is -0.394 e. The lowest BCUT2D eigenvalue weighted by atomic mass is 10.0. The standard InChI is InChI=1S/C6H12Br2O6/c7-6(8,14)5(13)4(12)3(11)2(10)1-9/h2-5,9-14H,1H2/t2-,3-,4-,5-/m1/s1. The molecule has 0 unspecified atom stereocenters. The lowest BCUT2D eigenvalue weighted by Gasteiger charge is -2.30. The molecule has 0 aromatic heterocycles. The van der Waals surface area contributed by atoms with E-state index in [2.05, 4.69) is 31.9 Å². The zero-order chi connectivity index (χ0) is 11.5. The highest BCUT2D eigenvalue weighted by Crippen LogP contribution is 2.29. The van der Waals surface area contributed by atoms with E-state index >= 15 is 0 Å². The second kappa shape index (κ2) is 5.71. The molecule has 0 fully saturated rings. The van der Waals surface area contributed by atoms with E-state index in [0.717, 1.165) is 0 Å². The van der Waals surface area contributed by atoms with Gasteiger partial charge in [0.2, 0.25) is 3.42 Å². The Hall–Kier alpha value is 0.720. The molecule has 0 spiro atoms. The normalized spacial score (nSPS) is 21.4. The molecule has 0 aliphatic rings. The van der Waals surface area contributed by atoms with Gasteiger partial charge in [0, 0.05) is 0 Å². The largest absolute Gasteiger partial charge is 0.394 e. The Kier molecular flexibility index (Phi) is 6.00. The van der Waals surface area contributed by atoms with Gasteiger partial charge in [-0.15, -0.1) is 0 Å². The van der Waals surface area contributed by atoms with Gasteiger partial charge in [-0.25, -0.2) is 0 Å². The average molecular weight is 340 g/mol. The Labute approximate surface area is 97.1 Å². The number of aliphatic hydroxyl groups is 6. The molecular weight excluding hydrogens is 328 g/mol. The molecule has 0 saturated carbocycles. The van der Waals surface area contributed by atoms with Crippen molar-refractivity contribution < 1.29 is 30.6 Å². The van der Waals surface area contributed by atoms with Crippen LogP contribution in [0.25, 0.3) is 0 Å². The van der Waals surface area contributed by atoms with Crippen LogP contribution >= 0.6 is 31.9 Å². The molecule has 0 radical (unpaired) electrons. The van der Waals surface area contributed by atoms with Gasteiger partial charge in [-0.3, -0.25) is 0 Å². The van der Waals surface area contributed by atoms with Crippen LogP contribution in [0.3, 0.4) is 0 Å². The maximum Gasteiger partial charge on any atom is 0.203 e. The van der Waals surface area contributed by atoms with E-state index < -0.39 is 34.4 Å². The molecule has 0 rings (SSSR count). The van der Waals surface area contributed by atoms with Gasteiger partial charge in [-0.1, -0.05) is 0 Å². The van der Waals surface area contributed by atoms with E-state index in [1.807, 2.05) is 0 Å². The summed E-state index contributed by atoms with van der Waals surface area (Å²) in [4.78, 5) is 0. The number of hydrogen-bond acceptors (Lipinski definition) is 6. The molecule has 0 amide bonds. The minimum atomic E-state index is -1.98. The van der Waals surface area contributed by atoms with Crippen LogP contribution in [0.1, 0.15) is 0 Å². The Morgan fingerprint density at radius 1 is 1.00 bits per heavy atom. The van der Waals surface area contributed by atoms with Gasteiger partial charge in [0.25, 0.3) is 0 Å². The van der Waals surface area contributed by atoms with Gasteiger partial charge in [0.15, 0.2) is 0 Å². The zero-order valence-corrected chi connectivity index (χ0v) is 10.1. The first-order valence-corrected chi connectivity index (χ1v) is 5.23. The van der Waals surface area contributed by atoms with E-state index in [1.54, 1.807) is 0 Å². The lowest BCUT2D eigenvalue weighted by Crippen LogP contribution is -2.51. The van der Waals surface area contributed by atoms with Gasteiger partial charge < -0.3 is 30.6 Å². The van der Waals surface area contributed by atoms with Crippen molar-refractivity contribution in [1.82, 2.24) is 0 Å². The molecule has 0 aromatic rings. The second-order valence-electron chi connectivity index (χ2n) is 2.76. The topological polar surface area (TPSA) is 121 Å². The molecule has 0 aliphatic heterocycles. The summed E-state index contributed by atoms with van der Waals surface area (Å²) in [5, 5.41) is 54.1. The molecule has 0 aliphatic carbocycles. The molecular formula is C6H12Br2O6. The minimum absolute atomic E-state index is 0.770. The van der Waals surface area contributed by atoms with Gasteiger partial charge in [0.1, 0.15) is 24.4 Å². The third-order valence-electron chi connectivity index (χ3n) is 1.61. The van der Waals surface area contributed by atoms with Crippen LogP contribution in [-0.4, -0.2) is 65.1 Å². The molecule has 0 heterocycles. The molecule has 0 aromatic carbocycles. The van der Waals surface area contributed by atoms with Crippen LogP contribution in [0.4, 0.5) is 0 Å². The Morgan fingerprint density at radius 3 is 1.71 bits per heavy atom.